The number of hydrogen-bond donors (Lipinski definition) is 1. The number of rotatable bonds is 5. The highest BCUT2D eigenvalue weighted by Crippen LogP contribution is 2.55. The molecule has 126 valence electrons. The molecular formula is C19H27NO3. The average Bonchev–Trinajstić information content (AvgIpc) is 2.96. The number of hydrogen-bond acceptors (Lipinski definition) is 3. The smallest absolute Gasteiger partial charge is 0.306 e. The van der Waals surface area contributed by atoms with E-state index in [0.717, 1.165) is 49.9 Å². The van der Waals surface area contributed by atoms with E-state index in [1.54, 1.807) is 0 Å². The topological polar surface area (TPSA) is 55.4 Å². The number of nitrogens with one attached hydrogen (secondary N) is 1. The first-order valence-electron chi connectivity index (χ1n) is 9.23. The minimum absolute atomic E-state index is 0.00638. The molecule has 4 nitrogen and oxygen atoms in total. The Labute approximate surface area is 138 Å². The molecule has 0 aliphatic heterocycles. The van der Waals surface area contributed by atoms with Crippen LogP contribution in [0.5, 0.6) is 0 Å². The van der Waals surface area contributed by atoms with E-state index in [2.05, 4.69) is 17.5 Å². The quantitative estimate of drug-likeness (QED) is 0.626. The molecule has 0 saturated heterocycles. The van der Waals surface area contributed by atoms with Gasteiger partial charge in [0.25, 0.3) is 5.91 Å². The second kappa shape index (κ2) is 5.95. The van der Waals surface area contributed by atoms with E-state index in [9.17, 15) is 9.59 Å². The van der Waals surface area contributed by atoms with Gasteiger partial charge in [0.05, 0.1) is 6.42 Å². The molecule has 5 rings (SSSR count). The minimum atomic E-state index is -0.248. The number of carbonyl (C=O) groups excluding carboxylic acids is 2. The van der Waals surface area contributed by atoms with Gasteiger partial charge in [0, 0.05) is 5.54 Å². The maximum atomic E-state index is 12.3. The van der Waals surface area contributed by atoms with Gasteiger partial charge < -0.3 is 10.1 Å². The molecule has 23 heavy (non-hydrogen) atoms. The van der Waals surface area contributed by atoms with Gasteiger partial charge in [-0.05, 0) is 75.0 Å². The van der Waals surface area contributed by atoms with Crippen LogP contribution in [0.2, 0.25) is 0 Å². The van der Waals surface area contributed by atoms with E-state index in [-0.39, 0.29) is 24.0 Å². The highest BCUT2D eigenvalue weighted by molar-refractivity contribution is 5.81. The Morgan fingerprint density at radius 1 is 1.09 bits per heavy atom. The standard InChI is InChI=1S/C19H27NO3/c21-17(12-23-18(22)8-13-3-1-2-4-13)20-19-9-14-5-15(10-19)7-16(6-14)11-19/h1,3,13-16H,2,4-12H2,(H,20,21)/t13-,14?,15?,16?,19?/m1/s1. The second-order valence-electron chi connectivity index (χ2n) is 8.38. The molecule has 1 N–H and O–H groups in total. The normalized spacial score (nSPS) is 40.3. The average molecular weight is 317 g/mol. The van der Waals surface area contributed by atoms with Crippen LogP contribution in [-0.2, 0) is 14.3 Å². The van der Waals surface area contributed by atoms with Gasteiger partial charge in [0.15, 0.2) is 6.61 Å². The predicted octanol–water partition coefficient (Wildman–Crippen LogP) is 2.97. The van der Waals surface area contributed by atoms with E-state index in [1.165, 1.54) is 19.3 Å². The van der Waals surface area contributed by atoms with Crippen molar-refractivity contribution in [3.8, 4) is 0 Å². The molecule has 0 unspecified atom stereocenters. The van der Waals surface area contributed by atoms with Crippen molar-refractivity contribution in [3.63, 3.8) is 0 Å². The van der Waals surface area contributed by atoms with Gasteiger partial charge >= 0.3 is 5.97 Å². The number of esters is 1. The van der Waals surface area contributed by atoms with E-state index in [4.69, 9.17) is 4.74 Å². The van der Waals surface area contributed by atoms with Crippen molar-refractivity contribution < 1.29 is 14.3 Å². The third kappa shape index (κ3) is 3.31. The minimum Gasteiger partial charge on any atom is -0.456 e. The molecule has 5 aliphatic rings. The van der Waals surface area contributed by atoms with E-state index >= 15 is 0 Å². The third-order valence-corrected chi connectivity index (χ3v) is 6.35. The first kappa shape index (κ1) is 15.2. The zero-order chi connectivity index (χ0) is 15.9. The lowest BCUT2D eigenvalue weighted by Gasteiger charge is -2.56. The molecule has 0 aromatic carbocycles. The third-order valence-electron chi connectivity index (χ3n) is 6.35. The van der Waals surface area contributed by atoms with Gasteiger partial charge in [-0.25, -0.2) is 0 Å². The van der Waals surface area contributed by atoms with Crippen molar-refractivity contribution in [1.29, 1.82) is 0 Å². The Bertz CT molecular complexity index is 489. The summed E-state index contributed by atoms with van der Waals surface area (Å²) >= 11 is 0. The zero-order valence-electron chi connectivity index (χ0n) is 13.8. The molecule has 0 spiro atoms. The summed E-state index contributed by atoms with van der Waals surface area (Å²) < 4.78 is 5.19. The van der Waals surface area contributed by atoms with Crippen LogP contribution >= 0.6 is 0 Å². The monoisotopic (exact) mass is 317 g/mol. The summed E-state index contributed by atoms with van der Waals surface area (Å²) in [6, 6.07) is 0. The second-order valence-corrected chi connectivity index (χ2v) is 8.38. The number of ether oxygens (including phenoxy) is 1. The summed E-state index contributed by atoms with van der Waals surface area (Å²) in [5.74, 6) is 2.35. The summed E-state index contributed by atoms with van der Waals surface area (Å²) in [4.78, 5) is 24.1. The van der Waals surface area contributed by atoms with Crippen molar-refractivity contribution in [2.24, 2.45) is 23.7 Å². The molecule has 0 heterocycles. The van der Waals surface area contributed by atoms with E-state index < -0.39 is 0 Å². The summed E-state index contributed by atoms with van der Waals surface area (Å²) in [6.45, 7) is -0.114. The van der Waals surface area contributed by atoms with Crippen molar-refractivity contribution in [2.75, 3.05) is 6.61 Å². The van der Waals surface area contributed by atoms with Crippen molar-refractivity contribution in [1.82, 2.24) is 5.32 Å². The fraction of sp³-hybridized carbons (Fsp3) is 0.789. The van der Waals surface area contributed by atoms with E-state index in [0.29, 0.717) is 12.3 Å². The van der Waals surface area contributed by atoms with Gasteiger partial charge in [-0.15, -0.1) is 0 Å². The van der Waals surface area contributed by atoms with Crippen LogP contribution in [0.3, 0.4) is 0 Å². The molecule has 4 heteroatoms. The molecule has 0 aromatic heterocycles. The Hall–Kier alpha value is -1.32. The molecule has 5 aliphatic carbocycles. The Kier molecular flexibility index (Phi) is 3.94. The summed E-state index contributed by atoms with van der Waals surface area (Å²) in [6.07, 6.45) is 14.1. The van der Waals surface area contributed by atoms with Crippen LogP contribution in [0, 0.1) is 23.7 Å². The van der Waals surface area contributed by atoms with Crippen molar-refractivity contribution >= 4 is 11.9 Å². The lowest BCUT2D eigenvalue weighted by Crippen LogP contribution is -2.60. The number of amides is 1. The molecule has 4 saturated carbocycles. The first-order valence-corrected chi connectivity index (χ1v) is 9.23. The number of carbonyl (C=O) groups is 2. The van der Waals surface area contributed by atoms with Crippen molar-refractivity contribution in [2.45, 2.75) is 63.3 Å². The van der Waals surface area contributed by atoms with Crippen LogP contribution in [0.15, 0.2) is 12.2 Å². The fourth-order valence-electron chi connectivity index (χ4n) is 5.88. The molecule has 4 bridgehead atoms. The maximum Gasteiger partial charge on any atom is 0.306 e. The lowest BCUT2D eigenvalue weighted by molar-refractivity contribution is -0.150. The molecule has 0 aromatic rings. The molecule has 0 radical (unpaired) electrons. The van der Waals surface area contributed by atoms with Gasteiger partial charge in [0.1, 0.15) is 0 Å². The molecule has 1 atom stereocenters. The molecular weight excluding hydrogens is 290 g/mol. The molecule has 4 fully saturated rings. The first-order chi connectivity index (χ1) is 11.1. The van der Waals surface area contributed by atoms with Crippen LogP contribution in [0.4, 0.5) is 0 Å². The van der Waals surface area contributed by atoms with Crippen LogP contribution in [0.25, 0.3) is 0 Å². The SMILES string of the molecule is O=C(COC(=O)C[C@@H]1C=CCC1)NC12CC3CC(CC(C3)C1)C2. The number of allylic oxidation sites excluding steroid dienone is 2. The summed E-state index contributed by atoms with van der Waals surface area (Å²) in [5.41, 5.74) is 0.00638. The Balaban J connectivity index is 1.25. The highest BCUT2D eigenvalue weighted by atomic mass is 16.5. The Morgan fingerprint density at radius 3 is 2.30 bits per heavy atom. The zero-order valence-corrected chi connectivity index (χ0v) is 13.8. The maximum absolute atomic E-state index is 12.3. The predicted molar refractivity (Wildman–Crippen MR) is 86.5 cm³/mol. The molecule has 1 amide bonds. The van der Waals surface area contributed by atoms with Gasteiger partial charge in [-0.3, -0.25) is 9.59 Å². The lowest BCUT2D eigenvalue weighted by atomic mass is 9.53. The van der Waals surface area contributed by atoms with Crippen LogP contribution in [0.1, 0.15) is 57.8 Å². The highest BCUT2D eigenvalue weighted by Gasteiger charge is 2.51. The fourth-order valence-corrected chi connectivity index (χ4v) is 5.88. The van der Waals surface area contributed by atoms with Gasteiger partial charge in [0.2, 0.25) is 0 Å². The summed E-state index contributed by atoms with van der Waals surface area (Å²) in [7, 11) is 0. The summed E-state index contributed by atoms with van der Waals surface area (Å²) in [5, 5.41) is 3.24. The van der Waals surface area contributed by atoms with Crippen molar-refractivity contribution in [3.05, 3.63) is 12.2 Å². The van der Waals surface area contributed by atoms with Crippen LogP contribution in [-0.4, -0.2) is 24.0 Å². The van der Waals surface area contributed by atoms with Gasteiger partial charge in [-0.1, -0.05) is 12.2 Å². The Morgan fingerprint density at radius 2 is 1.74 bits per heavy atom. The van der Waals surface area contributed by atoms with Crippen LogP contribution < -0.4 is 5.32 Å². The van der Waals surface area contributed by atoms with Gasteiger partial charge in [-0.2, -0.15) is 0 Å². The largest absolute Gasteiger partial charge is 0.456 e. The van der Waals surface area contributed by atoms with E-state index in [1.807, 2.05) is 0 Å².